The number of carbonyl (C=O) groups excluding carboxylic acids is 2. The normalized spacial score (nSPS) is 11.5. The minimum atomic E-state index is -0.544. The van der Waals surface area contributed by atoms with Crippen LogP contribution in [0.25, 0.3) is 0 Å². The summed E-state index contributed by atoms with van der Waals surface area (Å²) < 4.78 is 10.9. The molecule has 1 atom stereocenters. The molecule has 0 spiro atoms. The van der Waals surface area contributed by atoms with E-state index in [9.17, 15) is 9.59 Å². The molecular formula is C26H26O4. The van der Waals surface area contributed by atoms with Crippen LogP contribution in [0.2, 0.25) is 0 Å². The van der Waals surface area contributed by atoms with Crippen molar-refractivity contribution in [2.45, 2.75) is 32.5 Å². The summed E-state index contributed by atoms with van der Waals surface area (Å²) in [4.78, 5) is 25.1. The number of ether oxygens (including phenoxy) is 2. The Hall–Kier alpha value is -3.40. The van der Waals surface area contributed by atoms with E-state index in [0.717, 1.165) is 16.7 Å². The third kappa shape index (κ3) is 7.21. The third-order valence-corrected chi connectivity index (χ3v) is 4.84. The summed E-state index contributed by atoms with van der Waals surface area (Å²) >= 11 is 0. The Bertz CT molecular complexity index is 908. The number of hydrogen-bond acceptors (Lipinski definition) is 4. The summed E-state index contributed by atoms with van der Waals surface area (Å²) in [6, 6.07) is 28.9. The SMILES string of the molecule is O=C(CC(CCc1ccccc1)C(=O)OCc1ccccc1)OCc1ccccc1. The van der Waals surface area contributed by atoms with E-state index < -0.39 is 11.9 Å². The maximum atomic E-state index is 12.7. The summed E-state index contributed by atoms with van der Waals surface area (Å²) in [6.07, 6.45) is 1.23. The van der Waals surface area contributed by atoms with E-state index in [0.29, 0.717) is 12.8 Å². The number of carbonyl (C=O) groups is 2. The van der Waals surface area contributed by atoms with Crippen molar-refractivity contribution in [3.05, 3.63) is 108 Å². The van der Waals surface area contributed by atoms with Crippen molar-refractivity contribution in [2.75, 3.05) is 0 Å². The van der Waals surface area contributed by atoms with Crippen LogP contribution in [0.4, 0.5) is 0 Å². The van der Waals surface area contributed by atoms with Gasteiger partial charge in [0.15, 0.2) is 0 Å². The largest absolute Gasteiger partial charge is 0.461 e. The standard InChI is InChI=1S/C26H26O4/c27-25(29-19-22-12-6-2-7-13-22)18-24(17-16-21-10-4-1-5-11-21)26(28)30-20-23-14-8-3-9-15-23/h1-15,24H,16-20H2. The molecule has 154 valence electrons. The highest BCUT2D eigenvalue weighted by Crippen LogP contribution is 2.18. The Balaban J connectivity index is 1.57. The first-order chi connectivity index (χ1) is 14.7. The van der Waals surface area contributed by atoms with Crippen molar-refractivity contribution >= 4 is 11.9 Å². The van der Waals surface area contributed by atoms with Crippen molar-refractivity contribution in [1.82, 2.24) is 0 Å². The maximum Gasteiger partial charge on any atom is 0.309 e. The van der Waals surface area contributed by atoms with E-state index in [2.05, 4.69) is 0 Å². The lowest BCUT2D eigenvalue weighted by molar-refractivity contribution is -0.156. The minimum absolute atomic E-state index is 0.00723. The number of benzene rings is 3. The fraction of sp³-hybridized carbons (Fsp3) is 0.231. The van der Waals surface area contributed by atoms with Crippen LogP contribution in [0, 0.1) is 5.92 Å². The molecule has 0 aromatic heterocycles. The van der Waals surface area contributed by atoms with Crippen LogP contribution in [0.5, 0.6) is 0 Å². The van der Waals surface area contributed by atoms with E-state index in [1.54, 1.807) is 0 Å². The Morgan fingerprint density at radius 3 is 1.63 bits per heavy atom. The molecule has 0 saturated carbocycles. The highest BCUT2D eigenvalue weighted by Gasteiger charge is 2.24. The molecule has 0 radical (unpaired) electrons. The van der Waals surface area contributed by atoms with Gasteiger partial charge in [-0.25, -0.2) is 0 Å². The Labute approximate surface area is 177 Å². The summed E-state index contributed by atoms with van der Waals surface area (Å²) in [7, 11) is 0. The molecule has 1 unspecified atom stereocenters. The van der Waals surface area contributed by atoms with Crippen LogP contribution in [0.15, 0.2) is 91.0 Å². The fourth-order valence-electron chi connectivity index (χ4n) is 3.13. The molecule has 3 aromatic carbocycles. The molecule has 30 heavy (non-hydrogen) atoms. The van der Waals surface area contributed by atoms with Gasteiger partial charge < -0.3 is 9.47 Å². The van der Waals surface area contributed by atoms with Crippen molar-refractivity contribution in [2.24, 2.45) is 5.92 Å². The lowest BCUT2D eigenvalue weighted by Crippen LogP contribution is -2.23. The molecule has 0 aliphatic heterocycles. The highest BCUT2D eigenvalue weighted by molar-refractivity contribution is 5.80. The van der Waals surface area contributed by atoms with Crippen molar-refractivity contribution in [1.29, 1.82) is 0 Å². The van der Waals surface area contributed by atoms with Gasteiger partial charge >= 0.3 is 11.9 Å². The van der Waals surface area contributed by atoms with Crippen LogP contribution >= 0.6 is 0 Å². The van der Waals surface area contributed by atoms with Crippen LogP contribution in [0.3, 0.4) is 0 Å². The maximum absolute atomic E-state index is 12.7. The average molecular weight is 402 g/mol. The predicted octanol–water partition coefficient (Wildman–Crippen LogP) is 5.11. The smallest absolute Gasteiger partial charge is 0.309 e. The van der Waals surface area contributed by atoms with Gasteiger partial charge in [-0.3, -0.25) is 9.59 Å². The predicted molar refractivity (Wildman–Crippen MR) is 115 cm³/mol. The minimum Gasteiger partial charge on any atom is -0.461 e. The number of hydrogen-bond donors (Lipinski definition) is 0. The Morgan fingerprint density at radius 1 is 0.633 bits per heavy atom. The zero-order valence-corrected chi connectivity index (χ0v) is 16.9. The summed E-state index contributed by atoms with van der Waals surface area (Å²) in [6.45, 7) is 0.394. The molecule has 0 N–H and O–H groups in total. The summed E-state index contributed by atoms with van der Waals surface area (Å²) in [5.41, 5.74) is 2.95. The molecule has 4 heteroatoms. The van der Waals surface area contributed by atoms with Crippen LogP contribution in [-0.2, 0) is 38.7 Å². The van der Waals surface area contributed by atoms with E-state index in [1.165, 1.54) is 0 Å². The van der Waals surface area contributed by atoms with Gasteiger partial charge in [-0.1, -0.05) is 91.0 Å². The molecule has 0 saturated heterocycles. The van der Waals surface area contributed by atoms with Gasteiger partial charge in [0.25, 0.3) is 0 Å². The third-order valence-electron chi connectivity index (χ3n) is 4.84. The summed E-state index contributed by atoms with van der Waals surface area (Å²) in [5.74, 6) is -1.31. The zero-order valence-electron chi connectivity index (χ0n) is 16.9. The topological polar surface area (TPSA) is 52.6 Å². The van der Waals surface area contributed by atoms with Crippen molar-refractivity contribution < 1.29 is 19.1 Å². The highest BCUT2D eigenvalue weighted by atomic mass is 16.5. The van der Waals surface area contributed by atoms with E-state index in [1.807, 2.05) is 91.0 Å². The molecule has 0 aliphatic carbocycles. The van der Waals surface area contributed by atoms with Gasteiger partial charge in [0, 0.05) is 0 Å². The molecule has 0 fully saturated rings. The number of esters is 2. The molecule has 3 aromatic rings. The molecule has 0 amide bonds. The van der Waals surface area contributed by atoms with E-state index >= 15 is 0 Å². The number of rotatable bonds is 10. The fourth-order valence-corrected chi connectivity index (χ4v) is 3.13. The van der Waals surface area contributed by atoms with E-state index in [4.69, 9.17) is 9.47 Å². The summed E-state index contributed by atoms with van der Waals surface area (Å²) in [5, 5.41) is 0. The van der Waals surface area contributed by atoms with Crippen LogP contribution < -0.4 is 0 Å². The van der Waals surface area contributed by atoms with Crippen LogP contribution in [0.1, 0.15) is 29.5 Å². The molecule has 0 bridgehead atoms. The van der Waals surface area contributed by atoms with Crippen molar-refractivity contribution in [3.63, 3.8) is 0 Å². The molecule has 4 nitrogen and oxygen atoms in total. The second kappa shape index (κ2) is 11.6. The van der Waals surface area contributed by atoms with Gasteiger partial charge in [0.05, 0.1) is 12.3 Å². The second-order valence-corrected chi connectivity index (χ2v) is 7.16. The zero-order chi connectivity index (χ0) is 21.0. The monoisotopic (exact) mass is 402 g/mol. The van der Waals surface area contributed by atoms with Gasteiger partial charge in [0.1, 0.15) is 13.2 Å². The second-order valence-electron chi connectivity index (χ2n) is 7.16. The lowest BCUT2D eigenvalue weighted by atomic mass is 9.96. The molecule has 0 aliphatic rings. The van der Waals surface area contributed by atoms with Crippen LogP contribution in [-0.4, -0.2) is 11.9 Å². The van der Waals surface area contributed by atoms with Gasteiger partial charge in [0.2, 0.25) is 0 Å². The quantitative estimate of drug-likeness (QED) is 0.442. The van der Waals surface area contributed by atoms with Crippen molar-refractivity contribution in [3.8, 4) is 0 Å². The lowest BCUT2D eigenvalue weighted by Gasteiger charge is -2.16. The molecular weight excluding hydrogens is 376 g/mol. The Morgan fingerprint density at radius 2 is 1.10 bits per heavy atom. The van der Waals surface area contributed by atoms with E-state index in [-0.39, 0.29) is 25.6 Å². The van der Waals surface area contributed by atoms with Gasteiger partial charge in [-0.15, -0.1) is 0 Å². The molecule has 3 rings (SSSR count). The first-order valence-electron chi connectivity index (χ1n) is 10.1. The van der Waals surface area contributed by atoms with Gasteiger partial charge in [-0.2, -0.15) is 0 Å². The first kappa shape index (κ1) is 21.3. The number of aryl methyl sites for hydroxylation is 1. The molecule has 0 heterocycles. The van der Waals surface area contributed by atoms with Gasteiger partial charge in [-0.05, 0) is 29.5 Å². The average Bonchev–Trinajstić information content (AvgIpc) is 2.81. The Kier molecular flexibility index (Phi) is 8.22. The first-order valence-corrected chi connectivity index (χ1v) is 10.1.